The number of hydrogen-bond donors (Lipinski definition) is 0. The Kier molecular flexibility index (Phi) is 1.21. The summed E-state index contributed by atoms with van der Waals surface area (Å²) in [5.74, 6) is 23.8. The standard InChI is InChI=1S/C53H36/c1-2-15-10-20-27-22-12-24-29-31-32-30-28-23-11-21-25-13-7-8-33-19(9-13)26-18-6-5-17-16-4-3-14(1)37-34(15,20)43(27)36(22,24)45(29)47(31)48(32)46(30)44(28)35(21,23)41(25,33)50(44)42(26,33)40(18)39(17)38(16,37)51(47,49(37,43)45)53(39,48)52(40,46)50/h1-8,13-32H,9-12H2. The number of hydrogen-bond acceptors (Lipinski definition) is 0. The second kappa shape index (κ2) is 3.28. The van der Waals surface area contributed by atoms with E-state index in [0.29, 0.717) is 0 Å². The highest BCUT2D eigenvalue weighted by molar-refractivity contribution is 6.08. The number of allylic oxidation sites excluding steroid dienone is 8. The molecule has 33 aliphatic carbocycles. The van der Waals surface area contributed by atoms with Crippen LogP contribution >= 0.6 is 0 Å². The van der Waals surface area contributed by atoms with Crippen LogP contribution in [0.1, 0.15) is 25.7 Å². The number of fused-ring (bicyclic) bond motifs is 10. The lowest BCUT2D eigenvalue weighted by molar-refractivity contribution is -1.16. The van der Waals surface area contributed by atoms with Crippen molar-refractivity contribution in [3.63, 3.8) is 0 Å². The Morgan fingerprint density at radius 2 is 0.925 bits per heavy atom. The van der Waals surface area contributed by atoms with Gasteiger partial charge in [0.2, 0.25) is 0 Å². The van der Waals surface area contributed by atoms with Gasteiger partial charge in [-0.2, -0.15) is 0 Å². The SMILES string of the molecule is C1=CC23C4CC1C1C5CC6C7C8C9C%10C%11C%12CC%13C%14C%15CC%16C=CC%17C=CC%18C%19C=CC%20C4C24C%202C%19%20C%18%19C%17%18C%16%15C%14%15C%13%12C%11%12C%10%11C9%10C89C78C56C13C48C29C%20%10C%19%11C%15%18%12. The molecule has 0 aromatic rings. The zero-order valence-corrected chi connectivity index (χ0v) is 29.5. The monoisotopic (exact) mass is 672 g/mol. The lowest BCUT2D eigenvalue weighted by Gasteiger charge is -3.60. The van der Waals surface area contributed by atoms with Gasteiger partial charge < -0.3 is 0 Å². The van der Waals surface area contributed by atoms with Crippen LogP contribution in [0, 0.1) is 232 Å². The van der Waals surface area contributed by atoms with Crippen molar-refractivity contribution in [2.45, 2.75) is 25.7 Å². The van der Waals surface area contributed by atoms with Gasteiger partial charge in [0.15, 0.2) is 0 Å². The van der Waals surface area contributed by atoms with Gasteiger partial charge in [-0.25, -0.2) is 0 Å². The molecular weight excluding hydrogens is 637 g/mol. The summed E-state index contributed by atoms with van der Waals surface area (Å²) in [6, 6.07) is 0. The van der Waals surface area contributed by atoms with Crippen LogP contribution < -0.4 is 0 Å². The third-order valence-electron chi connectivity index (χ3n) is 39.3. The van der Waals surface area contributed by atoms with Gasteiger partial charge >= 0.3 is 0 Å². The van der Waals surface area contributed by atoms with Crippen LogP contribution in [0.3, 0.4) is 0 Å². The predicted molar refractivity (Wildman–Crippen MR) is 176 cm³/mol. The highest BCUT2D eigenvalue weighted by atomic mass is 15.6. The summed E-state index contributed by atoms with van der Waals surface area (Å²) in [6.45, 7) is 0. The summed E-state index contributed by atoms with van der Waals surface area (Å²) in [6.07, 6.45) is 31.8. The van der Waals surface area contributed by atoms with Gasteiger partial charge in [0.05, 0.1) is 0 Å². The maximum absolute atomic E-state index is 3.25. The summed E-state index contributed by atoms with van der Waals surface area (Å²) >= 11 is 0. The van der Waals surface area contributed by atoms with Crippen LogP contribution in [0.15, 0.2) is 48.6 Å². The predicted octanol–water partition coefficient (Wildman–Crippen LogP) is 6.25. The summed E-state index contributed by atoms with van der Waals surface area (Å²) in [5.41, 5.74) is 19.3. The molecule has 0 aromatic heterocycles. The zero-order valence-electron chi connectivity index (χ0n) is 29.5. The van der Waals surface area contributed by atoms with Crippen molar-refractivity contribution in [2.24, 2.45) is 232 Å². The Bertz CT molecular complexity index is 3220. The third-order valence-corrected chi connectivity index (χ3v) is 39.3. The van der Waals surface area contributed by atoms with Crippen molar-refractivity contribution >= 4 is 0 Å². The second-order valence-corrected chi connectivity index (χ2v) is 30.6. The van der Waals surface area contributed by atoms with Gasteiger partial charge in [0, 0.05) is 16.7 Å². The quantitative estimate of drug-likeness (QED) is 0.267. The molecule has 0 saturated heterocycles. The number of rotatable bonds is 0. The lowest BCUT2D eigenvalue weighted by atomic mass is 8.42. The molecule has 248 valence electrons. The van der Waals surface area contributed by atoms with E-state index in [1.807, 2.05) is 0 Å². The van der Waals surface area contributed by atoms with Gasteiger partial charge in [-0.05, 0) is 241 Å². The highest BCUT2D eigenvalue weighted by Crippen LogP contribution is 3.63. The van der Waals surface area contributed by atoms with Crippen molar-refractivity contribution < 1.29 is 0 Å². The van der Waals surface area contributed by atoms with Crippen LogP contribution in [0.4, 0.5) is 0 Å². The first kappa shape index (κ1) is 19.6. The van der Waals surface area contributed by atoms with Crippen molar-refractivity contribution in [1.82, 2.24) is 0 Å². The molecule has 33 rings (SSSR count). The van der Waals surface area contributed by atoms with E-state index in [1.165, 1.54) is 76.9 Å². The molecule has 41 unspecified atom stereocenters. The van der Waals surface area contributed by atoms with E-state index >= 15 is 0 Å². The smallest absolute Gasteiger partial charge is 0.00557 e. The maximum Gasteiger partial charge on any atom is 0.00557 e. The molecule has 41 atom stereocenters. The molecule has 0 radical (unpaired) electrons. The molecule has 0 heterocycles. The van der Waals surface area contributed by atoms with Crippen LogP contribution in [0.5, 0.6) is 0 Å². The molecule has 28 fully saturated rings. The van der Waals surface area contributed by atoms with Gasteiger partial charge in [-0.3, -0.25) is 0 Å². The van der Waals surface area contributed by atoms with Gasteiger partial charge in [-0.15, -0.1) is 0 Å². The molecule has 53 heavy (non-hydrogen) atoms. The molecule has 33 aliphatic rings. The minimum absolute atomic E-state index is 0.755. The molecule has 2 bridgehead atoms. The molecule has 0 aliphatic heterocycles. The van der Waals surface area contributed by atoms with E-state index < -0.39 is 0 Å². The Labute approximate surface area is 305 Å². The minimum atomic E-state index is 0.755. The lowest BCUT2D eigenvalue weighted by Crippen LogP contribution is -3.59. The first-order valence-electron chi connectivity index (χ1n) is 25.0. The first-order chi connectivity index (χ1) is 26.3. The molecule has 0 nitrogen and oxygen atoms in total. The van der Waals surface area contributed by atoms with Crippen LogP contribution in [0.2, 0.25) is 0 Å². The Morgan fingerprint density at radius 1 is 0.321 bits per heavy atom. The average Bonchev–Trinajstić information content (AvgIpc) is 3.06. The Balaban J connectivity index is 0.874. The molecular formula is C53H36. The average molecular weight is 673 g/mol. The topological polar surface area (TPSA) is 0 Å². The first-order valence-corrected chi connectivity index (χ1v) is 25.0. The summed E-state index contributed by atoms with van der Waals surface area (Å²) < 4.78 is 0. The van der Waals surface area contributed by atoms with E-state index in [1.54, 1.807) is 25.7 Å². The largest absolute Gasteiger partial charge is 0.0845 e. The Hall–Kier alpha value is -1.04. The molecule has 28 saturated carbocycles. The van der Waals surface area contributed by atoms with Crippen molar-refractivity contribution in [3.05, 3.63) is 48.6 Å². The van der Waals surface area contributed by atoms with Gasteiger partial charge in [-0.1, -0.05) is 48.6 Å². The van der Waals surface area contributed by atoms with E-state index in [4.69, 9.17) is 0 Å². The molecule has 21 spiro atoms. The molecule has 0 aromatic carbocycles. The van der Waals surface area contributed by atoms with E-state index in [-0.39, 0.29) is 0 Å². The molecule has 0 N–H and O–H groups in total. The van der Waals surface area contributed by atoms with Crippen LogP contribution in [-0.2, 0) is 0 Å². The van der Waals surface area contributed by atoms with E-state index in [9.17, 15) is 0 Å². The van der Waals surface area contributed by atoms with Gasteiger partial charge in [0.25, 0.3) is 0 Å². The van der Waals surface area contributed by atoms with Crippen molar-refractivity contribution in [1.29, 1.82) is 0 Å². The fourth-order valence-electron chi connectivity index (χ4n) is 48.7. The normalized spacial score (nSPS) is 121. The zero-order chi connectivity index (χ0) is 30.5. The molecule has 0 heteroatoms. The van der Waals surface area contributed by atoms with E-state index in [2.05, 4.69) is 48.6 Å². The van der Waals surface area contributed by atoms with Crippen molar-refractivity contribution in [2.75, 3.05) is 0 Å². The highest BCUT2D eigenvalue weighted by Gasteiger charge is 3.62. The Morgan fingerprint density at radius 3 is 1.77 bits per heavy atom. The van der Waals surface area contributed by atoms with Crippen LogP contribution in [-0.4, -0.2) is 0 Å². The fourth-order valence-corrected chi connectivity index (χ4v) is 48.7. The second-order valence-electron chi connectivity index (χ2n) is 30.6. The third kappa shape index (κ3) is 0.509. The van der Waals surface area contributed by atoms with Crippen molar-refractivity contribution in [3.8, 4) is 0 Å². The molecule has 0 amide bonds. The van der Waals surface area contributed by atoms with E-state index in [0.717, 1.165) is 155 Å². The minimum Gasteiger partial charge on any atom is -0.0845 e. The van der Waals surface area contributed by atoms with Crippen LogP contribution in [0.25, 0.3) is 0 Å². The summed E-state index contributed by atoms with van der Waals surface area (Å²) in [7, 11) is 0. The summed E-state index contributed by atoms with van der Waals surface area (Å²) in [5, 5.41) is 0. The summed E-state index contributed by atoms with van der Waals surface area (Å²) in [4.78, 5) is 0. The fraction of sp³-hybridized carbons (Fsp3) is 0.849. The maximum atomic E-state index is 3.25. The van der Waals surface area contributed by atoms with Gasteiger partial charge in [0.1, 0.15) is 0 Å².